The fourth-order valence-corrected chi connectivity index (χ4v) is 5.65. The van der Waals surface area contributed by atoms with E-state index in [4.69, 9.17) is 4.74 Å². The highest BCUT2D eigenvalue weighted by Crippen LogP contribution is 2.51. The minimum atomic E-state index is 0.0496. The van der Waals surface area contributed by atoms with Crippen molar-refractivity contribution in [3.8, 4) is 5.75 Å². The van der Waals surface area contributed by atoms with Gasteiger partial charge in [-0.2, -0.15) is 0 Å². The number of benzene rings is 2. The van der Waals surface area contributed by atoms with Crippen molar-refractivity contribution in [2.24, 2.45) is 5.92 Å². The molecule has 0 radical (unpaired) electrons. The third kappa shape index (κ3) is 3.84. The molecule has 2 aromatic carbocycles. The lowest BCUT2D eigenvalue weighted by molar-refractivity contribution is 0.0928. The third-order valence-corrected chi connectivity index (χ3v) is 7.14. The van der Waals surface area contributed by atoms with E-state index in [9.17, 15) is 4.79 Å². The number of nitrogens with one attached hydrogen (secondary N) is 2. The number of allylic oxidation sites excluding steroid dienone is 2. The number of anilines is 1. The van der Waals surface area contributed by atoms with Crippen molar-refractivity contribution in [2.75, 3.05) is 11.9 Å². The Balaban J connectivity index is 1.50. The van der Waals surface area contributed by atoms with Crippen LogP contribution in [-0.4, -0.2) is 18.6 Å². The Labute approximate surface area is 185 Å². The summed E-state index contributed by atoms with van der Waals surface area (Å²) in [6, 6.07) is 14.9. The molecule has 5 rings (SSSR count). The average molecular weight is 417 g/mol. The number of hydrogen-bond acceptors (Lipinski definition) is 3. The molecular formula is C27H32N2O2. The van der Waals surface area contributed by atoms with Gasteiger partial charge in [0.2, 0.25) is 0 Å². The Morgan fingerprint density at radius 2 is 1.87 bits per heavy atom. The molecule has 3 unspecified atom stereocenters. The maximum atomic E-state index is 13.3. The van der Waals surface area contributed by atoms with Gasteiger partial charge in [0.05, 0.1) is 23.9 Å². The number of para-hydroxylation sites is 2. The molecule has 2 aromatic rings. The molecule has 31 heavy (non-hydrogen) atoms. The van der Waals surface area contributed by atoms with Crippen LogP contribution in [-0.2, 0) is 0 Å². The number of fused-ring (bicyclic) bond motifs is 3. The zero-order valence-corrected chi connectivity index (χ0v) is 18.3. The predicted octanol–water partition coefficient (Wildman–Crippen LogP) is 5.97. The molecule has 0 bridgehead atoms. The van der Waals surface area contributed by atoms with Crippen LogP contribution in [0.3, 0.4) is 0 Å². The van der Waals surface area contributed by atoms with E-state index in [1.807, 2.05) is 25.1 Å². The molecule has 2 N–H and O–H groups in total. The zero-order chi connectivity index (χ0) is 21.2. The van der Waals surface area contributed by atoms with Crippen molar-refractivity contribution in [3.05, 3.63) is 71.3 Å². The summed E-state index contributed by atoms with van der Waals surface area (Å²) < 4.78 is 5.97. The number of ether oxygens (including phenoxy) is 1. The Kier molecular flexibility index (Phi) is 5.71. The lowest BCUT2D eigenvalue weighted by Crippen LogP contribution is -2.37. The molecule has 3 atom stereocenters. The van der Waals surface area contributed by atoms with Crippen molar-refractivity contribution in [1.29, 1.82) is 0 Å². The monoisotopic (exact) mass is 416 g/mol. The van der Waals surface area contributed by atoms with E-state index in [0.717, 1.165) is 36.3 Å². The van der Waals surface area contributed by atoms with Crippen molar-refractivity contribution in [3.63, 3.8) is 0 Å². The first-order chi connectivity index (χ1) is 15.3. The van der Waals surface area contributed by atoms with Gasteiger partial charge in [-0.3, -0.25) is 4.79 Å². The second-order valence-corrected chi connectivity index (χ2v) is 9.02. The van der Waals surface area contributed by atoms with Gasteiger partial charge >= 0.3 is 0 Å². The summed E-state index contributed by atoms with van der Waals surface area (Å²) >= 11 is 0. The van der Waals surface area contributed by atoms with Crippen molar-refractivity contribution < 1.29 is 9.53 Å². The Bertz CT molecular complexity index is 977. The summed E-state index contributed by atoms with van der Waals surface area (Å²) in [5.74, 6) is 1.72. The number of amides is 1. The summed E-state index contributed by atoms with van der Waals surface area (Å²) in [6.07, 6.45) is 11.5. The van der Waals surface area contributed by atoms with E-state index in [1.54, 1.807) is 0 Å². The predicted molar refractivity (Wildman–Crippen MR) is 125 cm³/mol. The molecule has 0 saturated heterocycles. The van der Waals surface area contributed by atoms with Crippen molar-refractivity contribution in [2.45, 2.75) is 63.5 Å². The standard InChI is InChI=1S/C27H32N2O2/c1-2-31-24-17-7-6-12-22(24)25-20-14-8-13-19(20)21-15-9-16-23(26(21)29-25)27(30)28-18-10-4-3-5-11-18/h6-9,12-13,15-20,25,29H,2-5,10-11,14H2,1H3,(H,28,30). The normalized spacial score (nSPS) is 24.7. The second kappa shape index (κ2) is 8.78. The molecule has 1 fully saturated rings. The first-order valence-corrected chi connectivity index (χ1v) is 11.8. The van der Waals surface area contributed by atoms with Crippen LogP contribution in [0, 0.1) is 5.92 Å². The van der Waals surface area contributed by atoms with E-state index >= 15 is 0 Å². The fourth-order valence-electron chi connectivity index (χ4n) is 5.65. The summed E-state index contributed by atoms with van der Waals surface area (Å²) in [7, 11) is 0. The van der Waals surface area contributed by atoms with Crippen LogP contribution in [0.5, 0.6) is 5.75 Å². The van der Waals surface area contributed by atoms with Crippen LogP contribution >= 0.6 is 0 Å². The highest BCUT2D eigenvalue weighted by Gasteiger charge is 2.40. The van der Waals surface area contributed by atoms with Crippen LogP contribution < -0.4 is 15.4 Å². The Morgan fingerprint density at radius 1 is 1.06 bits per heavy atom. The van der Waals surface area contributed by atoms with Gasteiger partial charge in [-0.25, -0.2) is 0 Å². The molecule has 0 spiro atoms. The largest absolute Gasteiger partial charge is 0.494 e. The van der Waals surface area contributed by atoms with E-state index in [-0.39, 0.29) is 11.9 Å². The minimum Gasteiger partial charge on any atom is -0.494 e. The first kappa shape index (κ1) is 20.2. The molecule has 3 aliphatic rings. The summed E-state index contributed by atoms with van der Waals surface area (Å²) in [6.45, 7) is 2.66. The Hall–Kier alpha value is -2.75. The summed E-state index contributed by atoms with van der Waals surface area (Å²) in [4.78, 5) is 13.3. The third-order valence-electron chi connectivity index (χ3n) is 7.14. The fraction of sp³-hybridized carbons (Fsp3) is 0.444. The van der Waals surface area contributed by atoms with Gasteiger partial charge in [0.1, 0.15) is 5.75 Å². The van der Waals surface area contributed by atoms with E-state index < -0.39 is 0 Å². The van der Waals surface area contributed by atoms with Gasteiger partial charge in [-0.15, -0.1) is 0 Å². The highest BCUT2D eigenvalue weighted by molar-refractivity contribution is 6.01. The molecule has 4 heteroatoms. The van der Waals surface area contributed by atoms with Crippen molar-refractivity contribution in [1.82, 2.24) is 5.32 Å². The van der Waals surface area contributed by atoms with Gasteiger partial charge in [0.15, 0.2) is 0 Å². The second-order valence-electron chi connectivity index (χ2n) is 9.02. The number of hydrogen-bond donors (Lipinski definition) is 2. The van der Waals surface area contributed by atoms with E-state index in [2.05, 4.69) is 47.1 Å². The highest BCUT2D eigenvalue weighted by atomic mass is 16.5. The van der Waals surface area contributed by atoms with Gasteiger partial charge in [0, 0.05) is 17.5 Å². The minimum absolute atomic E-state index is 0.0496. The zero-order valence-electron chi connectivity index (χ0n) is 18.3. The van der Waals surface area contributed by atoms with Crippen LogP contribution in [0.2, 0.25) is 0 Å². The first-order valence-electron chi connectivity index (χ1n) is 11.8. The molecule has 1 heterocycles. The van der Waals surface area contributed by atoms with Crippen LogP contribution in [0.4, 0.5) is 5.69 Å². The van der Waals surface area contributed by atoms with Crippen LogP contribution in [0.15, 0.2) is 54.6 Å². The van der Waals surface area contributed by atoms with Gasteiger partial charge in [-0.05, 0) is 49.8 Å². The molecule has 4 nitrogen and oxygen atoms in total. The molecule has 162 valence electrons. The topological polar surface area (TPSA) is 50.4 Å². The lowest BCUT2D eigenvalue weighted by Gasteiger charge is -2.39. The van der Waals surface area contributed by atoms with E-state index in [0.29, 0.717) is 24.5 Å². The number of carbonyl (C=O) groups excluding carboxylic acids is 1. The number of rotatable bonds is 5. The molecule has 1 aliphatic heterocycles. The average Bonchev–Trinajstić information content (AvgIpc) is 3.30. The van der Waals surface area contributed by atoms with Gasteiger partial charge in [-0.1, -0.05) is 61.7 Å². The molecule has 2 aliphatic carbocycles. The summed E-state index contributed by atoms with van der Waals surface area (Å²) in [5, 5.41) is 7.10. The maximum absolute atomic E-state index is 13.3. The van der Waals surface area contributed by atoms with Gasteiger partial charge in [0.25, 0.3) is 5.91 Å². The quantitative estimate of drug-likeness (QED) is 0.590. The summed E-state index contributed by atoms with van der Waals surface area (Å²) in [5.41, 5.74) is 4.16. The Morgan fingerprint density at radius 3 is 2.71 bits per heavy atom. The molecule has 1 amide bonds. The van der Waals surface area contributed by atoms with Crippen LogP contribution in [0.1, 0.15) is 78.9 Å². The van der Waals surface area contributed by atoms with E-state index in [1.165, 1.54) is 30.4 Å². The number of carbonyl (C=O) groups is 1. The molecular weight excluding hydrogens is 384 g/mol. The SMILES string of the molecule is CCOc1ccccc1C1Nc2c(C(=O)NC3CCCCC3)cccc2C2C=CCC21. The van der Waals surface area contributed by atoms with Crippen molar-refractivity contribution >= 4 is 11.6 Å². The molecule has 1 saturated carbocycles. The molecule has 0 aromatic heterocycles. The van der Waals surface area contributed by atoms with Gasteiger partial charge < -0.3 is 15.4 Å². The maximum Gasteiger partial charge on any atom is 0.253 e. The van der Waals surface area contributed by atoms with Crippen LogP contribution in [0.25, 0.3) is 0 Å². The smallest absolute Gasteiger partial charge is 0.253 e. The lowest BCUT2D eigenvalue weighted by atomic mass is 9.76.